The van der Waals surface area contributed by atoms with Crippen LogP contribution in [-0.4, -0.2) is 28.4 Å². The van der Waals surface area contributed by atoms with Crippen LogP contribution in [0.15, 0.2) is 24.3 Å². The summed E-state index contributed by atoms with van der Waals surface area (Å²) in [5, 5.41) is 10.7. The first-order valence-electron chi connectivity index (χ1n) is 7.37. The number of carbonyl (C=O) groups is 2. The van der Waals surface area contributed by atoms with Gasteiger partial charge in [-0.1, -0.05) is 42.6 Å². The van der Waals surface area contributed by atoms with Crippen molar-refractivity contribution in [2.45, 2.75) is 31.8 Å². The summed E-state index contributed by atoms with van der Waals surface area (Å²) < 4.78 is 0. The predicted molar refractivity (Wildman–Crippen MR) is 78.6 cm³/mol. The van der Waals surface area contributed by atoms with Gasteiger partial charge in [-0.05, 0) is 18.9 Å². The second-order valence-electron chi connectivity index (χ2n) is 5.82. The van der Waals surface area contributed by atoms with Crippen LogP contribution in [0.25, 0.3) is 0 Å². The zero-order chi connectivity index (χ0) is 15.0. The molecule has 1 saturated heterocycles. The molecule has 2 aliphatic rings. The molecule has 1 saturated carbocycles. The van der Waals surface area contributed by atoms with Crippen molar-refractivity contribution in [2.24, 2.45) is 11.8 Å². The van der Waals surface area contributed by atoms with Gasteiger partial charge in [-0.15, -0.1) is 0 Å². The molecule has 0 unspecified atom stereocenters. The highest BCUT2D eigenvalue weighted by atomic mass is 35.5. The standard InChI is InChI=1S/C16H18ClNO3/c17-13-8-4-3-7-12(13)14(19)9-18-15(20)10-5-1-2-6-11(10)16(18)21/h3-4,7-8,10-11,14,19H,1-2,5-6,9H2/t10-,11+,14-/m1/s1. The van der Waals surface area contributed by atoms with Gasteiger partial charge in [0.2, 0.25) is 11.8 Å². The van der Waals surface area contributed by atoms with Gasteiger partial charge in [-0.2, -0.15) is 0 Å². The number of aliphatic hydroxyl groups excluding tert-OH is 1. The Morgan fingerprint density at radius 3 is 2.29 bits per heavy atom. The van der Waals surface area contributed by atoms with Gasteiger partial charge in [-0.3, -0.25) is 14.5 Å². The van der Waals surface area contributed by atoms with Gasteiger partial charge in [0.05, 0.1) is 24.5 Å². The van der Waals surface area contributed by atoms with Crippen molar-refractivity contribution in [3.05, 3.63) is 34.9 Å². The molecular weight excluding hydrogens is 290 g/mol. The second kappa shape index (κ2) is 5.78. The number of amides is 2. The Morgan fingerprint density at radius 1 is 1.14 bits per heavy atom. The number of benzene rings is 1. The lowest BCUT2D eigenvalue weighted by Crippen LogP contribution is -2.35. The Hall–Kier alpha value is -1.39. The molecule has 2 fully saturated rings. The van der Waals surface area contributed by atoms with Gasteiger partial charge >= 0.3 is 0 Å². The summed E-state index contributed by atoms with van der Waals surface area (Å²) in [6.45, 7) is -0.00556. The van der Waals surface area contributed by atoms with Crippen molar-refractivity contribution < 1.29 is 14.7 Å². The second-order valence-corrected chi connectivity index (χ2v) is 6.23. The van der Waals surface area contributed by atoms with E-state index in [1.807, 2.05) is 0 Å². The third kappa shape index (κ3) is 2.58. The van der Waals surface area contributed by atoms with Crippen molar-refractivity contribution in [2.75, 3.05) is 6.54 Å². The molecule has 0 bridgehead atoms. The number of likely N-dealkylation sites (tertiary alicyclic amines) is 1. The van der Waals surface area contributed by atoms with Gasteiger partial charge in [0.25, 0.3) is 0 Å². The fourth-order valence-corrected chi connectivity index (χ4v) is 3.69. The van der Waals surface area contributed by atoms with E-state index in [0.717, 1.165) is 25.7 Å². The molecule has 5 heteroatoms. The zero-order valence-electron chi connectivity index (χ0n) is 11.7. The highest BCUT2D eigenvalue weighted by molar-refractivity contribution is 6.31. The van der Waals surface area contributed by atoms with E-state index in [0.29, 0.717) is 10.6 Å². The number of hydrogen-bond donors (Lipinski definition) is 1. The maximum absolute atomic E-state index is 12.4. The van der Waals surface area contributed by atoms with Crippen molar-refractivity contribution in [1.82, 2.24) is 4.90 Å². The van der Waals surface area contributed by atoms with Crippen LogP contribution < -0.4 is 0 Å². The van der Waals surface area contributed by atoms with E-state index in [2.05, 4.69) is 0 Å². The minimum absolute atomic E-state index is 0.00556. The molecular formula is C16H18ClNO3. The molecule has 112 valence electrons. The minimum atomic E-state index is -0.938. The van der Waals surface area contributed by atoms with Gasteiger partial charge in [0.1, 0.15) is 0 Å². The van der Waals surface area contributed by atoms with E-state index < -0.39 is 6.10 Å². The SMILES string of the molecule is O=C1[C@H]2CCCC[C@H]2C(=O)N1C[C@@H](O)c1ccccc1Cl. The summed E-state index contributed by atoms with van der Waals surface area (Å²) in [4.78, 5) is 26.0. The highest BCUT2D eigenvalue weighted by Gasteiger charge is 2.48. The maximum atomic E-state index is 12.4. The van der Waals surface area contributed by atoms with E-state index in [1.54, 1.807) is 24.3 Å². The number of aliphatic hydroxyl groups is 1. The number of fused-ring (bicyclic) bond motifs is 1. The van der Waals surface area contributed by atoms with Crippen molar-refractivity contribution >= 4 is 23.4 Å². The molecule has 3 atom stereocenters. The van der Waals surface area contributed by atoms with Crippen LogP contribution >= 0.6 is 11.6 Å². The minimum Gasteiger partial charge on any atom is -0.386 e. The number of halogens is 1. The van der Waals surface area contributed by atoms with Gasteiger partial charge in [-0.25, -0.2) is 0 Å². The lowest BCUT2D eigenvalue weighted by molar-refractivity contribution is -0.141. The van der Waals surface area contributed by atoms with E-state index in [-0.39, 0.29) is 30.2 Å². The Labute approximate surface area is 128 Å². The lowest BCUT2D eigenvalue weighted by Gasteiger charge is -2.20. The molecule has 21 heavy (non-hydrogen) atoms. The summed E-state index contributed by atoms with van der Waals surface area (Å²) >= 11 is 6.05. The molecule has 1 heterocycles. The van der Waals surface area contributed by atoms with Crippen molar-refractivity contribution in [1.29, 1.82) is 0 Å². The van der Waals surface area contributed by atoms with Crippen LogP contribution in [0.2, 0.25) is 5.02 Å². The van der Waals surface area contributed by atoms with Crippen LogP contribution in [0, 0.1) is 11.8 Å². The summed E-state index contributed by atoms with van der Waals surface area (Å²) in [6.07, 6.45) is 2.64. The fourth-order valence-electron chi connectivity index (χ4n) is 3.43. The van der Waals surface area contributed by atoms with Gasteiger partial charge < -0.3 is 5.11 Å². The molecule has 0 radical (unpaired) electrons. The number of carbonyl (C=O) groups excluding carboxylic acids is 2. The molecule has 4 nitrogen and oxygen atoms in total. The lowest BCUT2D eigenvalue weighted by atomic mass is 9.81. The number of nitrogens with zero attached hydrogens (tertiary/aromatic N) is 1. The van der Waals surface area contributed by atoms with E-state index in [9.17, 15) is 14.7 Å². The molecule has 1 aliphatic heterocycles. The van der Waals surface area contributed by atoms with E-state index in [4.69, 9.17) is 11.6 Å². The summed E-state index contributed by atoms with van der Waals surface area (Å²) in [5.41, 5.74) is 0.551. The Morgan fingerprint density at radius 2 is 1.71 bits per heavy atom. The molecule has 3 rings (SSSR count). The third-order valence-electron chi connectivity index (χ3n) is 4.55. The molecule has 1 aliphatic carbocycles. The number of hydrogen-bond acceptors (Lipinski definition) is 3. The zero-order valence-corrected chi connectivity index (χ0v) is 12.4. The topological polar surface area (TPSA) is 57.6 Å². The van der Waals surface area contributed by atoms with Crippen LogP contribution in [0.5, 0.6) is 0 Å². The maximum Gasteiger partial charge on any atom is 0.233 e. The first-order valence-corrected chi connectivity index (χ1v) is 7.75. The Bertz CT molecular complexity index is 550. The van der Waals surface area contributed by atoms with Crippen LogP contribution in [-0.2, 0) is 9.59 Å². The third-order valence-corrected chi connectivity index (χ3v) is 4.90. The van der Waals surface area contributed by atoms with Crippen molar-refractivity contribution in [3.8, 4) is 0 Å². The van der Waals surface area contributed by atoms with Gasteiger partial charge in [0, 0.05) is 10.6 Å². The summed E-state index contributed by atoms with van der Waals surface area (Å²) in [6, 6.07) is 6.95. The van der Waals surface area contributed by atoms with Crippen LogP contribution in [0.4, 0.5) is 0 Å². The number of β-amino-alcohol motifs (C(OH)–C–C–N with tert-alkyl or cyclic N) is 1. The molecule has 0 aromatic heterocycles. The monoisotopic (exact) mass is 307 g/mol. The van der Waals surface area contributed by atoms with Crippen LogP contribution in [0.1, 0.15) is 37.4 Å². The van der Waals surface area contributed by atoms with Gasteiger partial charge in [0.15, 0.2) is 0 Å². The molecule has 1 aromatic carbocycles. The first-order chi connectivity index (χ1) is 10.1. The smallest absolute Gasteiger partial charge is 0.233 e. The molecule has 2 amide bonds. The fraction of sp³-hybridized carbons (Fsp3) is 0.500. The normalized spacial score (nSPS) is 26.9. The average molecular weight is 308 g/mol. The highest BCUT2D eigenvalue weighted by Crippen LogP contribution is 2.38. The molecule has 1 aromatic rings. The largest absolute Gasteiger partial charge is 0.386 e. The van der Waals surface area contributed by atoms with Crippen molar-refractivity contribution in [3.63, 3.8) is 0 Å². The van der Waals surface area contributed by atoms with E-state index >= 15 is 0 Å². The average Bonchev–Trinajstić information content (AvgIpc) is 2.73. The summed E-state index contributed by atoms with van der Waals surface area (Å²) in [5.74, 6) is -0.610. The number of rotatable bonds is 3. The van der Waals surface area contributed by atoms with Crippen LogP contribution in [0.3, 0.4) is 0 Å². The first kappa shape index (κ1) is 14.5. The summed E-state index contributed by atoms with van der Waals surface area (Å²) in [7, 11) is 0. The number of imide groups is 1. The Kier molecular flexibility index (Phi) is 4.00. The van der Waals surface area contributed by atoms with E-state index in [1.165, 1.54) is 4.90 Å². The molecule has 1 N–H and O–H groups in total. The quantitative estimate of drug-likeness (QED) is 0.873. The Balaban J connectivity index is 1.77. The molecule has 0 spiro atoms. The predicted octanol–water partition coefficient (Wildman–Crippen LogP) is 2.55.